The fourth-order valence-electron chi connectivity index (χ4n) is 5.29. The molecular weight excluding hydrogens is 731 g/mol. The summed E-state index contributed by atoms with van der Waals surface area (Å²) in [5.41, 5.74) is 0.497. The van der Waals surface area contributed by atoms with E-state index in [4.69, 9.17) is 32.7 Å². The molecule has 12 nitrogen and oxygen atoms in total. The Kier molecular flexibility index (Phi) is 11.3. The lowest BCUT2D eigenvalue weighted by Gasteiger charge is -2.26. The molecule has 2 heterocycles. The second-order valence-corrected chi connectivity index (χ2v) is 16.7. The predicted octanol–water partition coefficient (Wildman–Crippen LogP) is 4.95. The minimum absolute atomic E-state index is 0.0222. The zero-order valence-electron chi connectivity index (χ0n) is 26.3. The van der Waals surface area contributed by atoms with Gasteiger partial charge in [0.2, 0.25) is 20.0 Å². The van der Waals surface area contributed by atoms with Gasteiger partial charge in [-0.3, -0.25) is 4.79 Å². The highest BCUT2D eigenvalue weighted by Crippen LogP contribution is 2.39. The van der Waals surface area contributed by atoms with Crippen molar-refractivity contribution in [3.63, 3.8) is 0 Å². The summed E-state index contributed by atoms with van der Waals surface area (Å²) in [4.78, 5) is 13.3. The molecule has 1 aliphatic heterocycles. The van der Waals surface area contributed by atoms with Gasteiger partial charge < -0.3 is 19.4 Å². The standard InChI is InChI=1S/C31H33Cl2F2N3O9S2/c1-36(2)48(41,42)21-5-3-6-22(14-21)49(43,44)38-12-4-7-26(38)30(39)46-28(15-23-24(32)16-37(40)17-25(23)33)20-10-11-27(47-31(34)35)29(13-20)45-18-19-8-9-19/h3,5-6,10-11,13-14,16-17,19,26,28,31H,4,7-9,12,15,18H2,1-2H3/t26-,28+/m1/s1. The van der Waals surface area contributed by atoms with Crippen LogP contribution < -0.4 is 14.2 Å². The molecule has 49 heavy (non-hydrogen) atoms. The smallest absolute Gasteiger partial charge is 0.387 e. The first kappa shape index (κ1) is 37.0. The lowest BCUT2D eigenvalue weighted by molar-refractivity contribution is -0.605. The molecule has 5 rings (SSSR count). The van der Waals surface area contributed by atoms with Crippen molar-refractivity contribution >= 4 is 49.2 Å². The van der Waals surface area contributed by atoms with Crippen molar-refractivity contribution in [2.75, 3.05) is 27.2 Å². The molecule has 1 saturated carbocycles. The number of sulfonamides is 2. The number of hydrogen-bond acceptors (Lipinski definition) is 9. The van der Waals surface area contributed by atoms with Gasteiger partial charge in [-0.15, -0.1) is 0 Å². The van der Waals surface area contributed by atoms with Crippen molar-refractivity contribution in [3.05, 3.63) is 81.2 Å². The summed E-state index contributed by atoms with van der Waals surface area (Å²) in [5, 5.41) is 11.8. The molecule has 0 spiro atoms. The Labute approximate surface area is 292 Å². The van der Waals surface area contributed by atoms with Gasteiger partial charge in [0, 0.05) is 32.6 Å². The topological polar surface area (TPSA) is 146 Å². The van der Waals surface area contributed by atoms with Crippen molar-refractivity contribution in [3.8, 4) is 11.5 Å². The fourth-order valence-corrected chi connectivity index (χ4v) is 8.60. The first-order valence-corrected chi connectivity index (χ1v) is 18.7. The summed E-state index contributed by atoms with van der Waals surface area (Å²) in [6, 6.07) is 7.55. The molecule has 1 aliphatic carbocycles. The van der Waals surface area contributed by atoms with Crippen LogP contribution in [0.1, 0.15) is 42.9 Å². The lowest BCUT2D eigenvalue weighted by Crippen LogP contribution is -2.42. The highest BCUT2D eigenvalue weighted by Gasteiger charge is 2.42. The van der Waals surface area contributed by atoms with Crippen LogP contribution in [-0.2, 0) is 36.0 Å². The number of alkyl halides is 2. The van der Waals surface area contributed by atoms with Crippen LogP contribution >= 0.6 is 23.2 Å². The first-order valence-electron chi connectivity index (χ1n) is 15.1. The van der Waals surface area contributed by atoms with E-state index in [0.717, 1.165) is 39.9 Å². The monoisotopic (exact) mass is 763 g/mol. The van der Waals surface area contributed by atoms with Crippen LogP contribution in [0.3, 0.4) is 0 Å². The van der Waals surface area contributed by atoms with E-state index >= 15 is 0 Å². The van der Waals surface area contributed by atoms with E-state index in [0.29, 0.717) is 11.2 Å². The van der Waals surface area contributed by atoms with Crippen molar-refractivity contribution < 1.29 is 49.4 Å². The predicted molar refractivity (Wildman–Crippen MR) is 173 cm³/mol. The van der Waals surface area contributed by atoms with E-state index in [1.54, 1.807) is 0 Å². The summed E-state index contributed by atoms with van der Waals surface area (Å²) in [7, 11) is -5.72. The van der Waals surface area contributed by atoms with Gasteiger partial charge in [-0.2, -0.15) is 17.8 Å². The molecule has 2 fully saturated rings. The Morgan fingerprint density at radius 1 is 1.02 bits per heavy atom. The van der Waals surface area contributed by atoms with Gasteiger partial charge in [0.1, 0.15) is 22.2 Å². The number of ether oxygens (including phenoxy) is 3. The molecule has 2 aliphatic rings. The molecule has 0 amide bonds. The van der Waals surface area contributed by atoms with Crippen LogP contribution in [0.25, 0.3) is 0 Å². The van der Waals surface area contributed by atoms with Gasteiger partial charge in [0.25, 0.3) is 0 Å². The molecular formula is C31H33Cl2F2N3O9S2. The Hall–Kier alpha value is -3.28. The van der Waals surface area contributed by atoms with E-state index < -0.39 is 44.8 Å². The van der Waals surface area contributed by atoms with Gasteiger partial charge in [0.05, 0.1) is 16.4 Å². The van der Waals surface area contributed by atoms with Gasteiger partial charge in [-0.25, -0.2) is 21.1 Å². The number of carbonyl (C=O) groups is 1. The molecule has 0 radical (unpaired) electrons. The minimum atomic E-state index is -4.39. The van der Waals surface area contributed by atoms with E-state index in [2.05, 4.69) is 4.74 Å². The Morgan fingerprint density at radius 2 is 1.69 bits per heavy atom. The Morgan fingerprint density at radius 3 is 2.33 bits per heavy atom. The zero-order chi connectivity index (χ0) is 35.7. The third kappa shape index (κ3) is 8.55. The maximum atomic E-state index is 13.9. The summed E-state index contributed by atoms with van der Waals surface area (Å²) < 4.78 is 98.2. The third-order valence-electron chi connectivity index (χ3n) is 8.10. The summed E-state index contributed by atoms with van der Waals surface area (Å²) in [6.45, 7) is -2.93. The molecule has 2 atom stereocenters. The summed E-state index contributed by atoms with van der Waals surface area (Å²) >= 11 is 12.7. The van der Waals surface area contributed by atoms with Crippen LogP contribution in [-0.4, -0.2) is 71.3 Å². The molecule has 2 aromatic carbocycles. The molecule has 3 aromatic rings. The van der Waals surface area contributed by atoms with Crippen molar-refractivity contribution in [2.45, 2.75) is 60.7 Å². The first-order chi connectivity index (χ1) is 23.1. The van der Waals surface area contributed by atoms with E-state index in [1.165, 1.54) is 50.5 Å². The molecule has 0 unspecified atom stereocenters. The Balaban J connectivity index is 1.48. The van der Waals surface area contributed by atoms with E-state index in [-0.39, 0.29) is 74.4 Å². The zero-order valence-corrected chi connectivity index (χ0v) is 29.4. The molecule has 1 aromatic heterocycles. The van der Waals surface area contributed by atoms with Crippen LogP contribution in [0.5, 0.6) is 11.5 Å². The number of carbonyl (C=O) groups excluding carboxylic acids is 1. The number of aromatic nitrogens is 1. The van der Waals surface area contributed by atoms with Crippen molar-refractivity contribution in [1.82, 2.24) is 8.61 Å². The summed E-state index contributed by atoms with van der Waals surface area (Å²) in [6.07, 6.45) is 2.96. The van der Waals surface area contributed by atoms with Gasteiger partial charge >= 0.3 is 12.6 Å². The van der Waals surface area contributed by atoms with Gasteiger partial charge in [-0.05, 0) is 67.5 Å². The van der Waals surface area contributed by atoms with Crippen molar-refractivity contribution in [2.24, 2.45) is 5.92 Å². The quantitative estimate of drug-likeness (QED) is 0.127. The maximum Gasteiger partial charge on any atom is 0.387 e. The number of esters is 1. The number of halogens is 4. The van der Waals surface area contributed by atoms with Crippen LogP contribution in [0.4, 0.5) is 8.78 Å². The second kappa shape index (κ2) is 14.9. The Bertz CT molecular complexity index is 1910. The minimum Gasteiger partial charge on any atom is -0.619 e. The van der Waals surface area contributed by atoms with E-state index in [9.17, 15) is 35.6 Å². The molecule has 0 bridgehead atoms. The number of benzene rings is 2. The molecule has 0 N–H and O–H groups in total. The fraction of sp³-hybridized carbons (Fsp3) is 0.419. The highest BCUT2D eigenvalue weighted by molar-refractivity contribution is 7.90. The van der Waals surface area contributed by atoms with Gasteiger partial charge in [-0.1, -0.05) is 35.3 Å². The number of rotatable bonds is 14. The molecule has 1 saturated heterocycles. The van der Waals surface area contributed by atoms with Crippen LogP contribution in [0, 0.1) is 11.1 Å². The molecule has 266 valence electrons. The second-order valence-electron chi connectivity index (χ2n) is 11.8. The number of hydrogen-bond donors (Lipinski definition) is 0. The average Bonchev–Trinajstić information content (AvgIpc) is 3.73. The maximum absolute atomic E-state index is 13.9. The van der Waals surface area contributed by atoms with Crippen LogP contribution in [0.15, 0.2) is 64.6 Å². The van der Waals surface area contributed by atoms with Crippen LogP contribution in [0.2, 0.25) is 10.0 Å². The molecule has 18 heteroatoms. The number of pyridine rings is 1. The summed E-state index contributed by atoms with van der Waals surface area (Å²) in [5.74, 6) is -0.930. The SMILES string of the molecule is CN(C)S(=O)(=O)c1cccc(S(=O)(=O)N2CCC[C@@H]2C(=O)O[C@@H](Cc2c(Cl)c[n+]([O-])cc2Cl)c2ccc(OC(F)F)c(OCC3CC3)c2)c1. The average molecular weight is 765 g/mol. The lowest BCUT2D eigenvalue weighted by atomic mass is 10.0. The van der Waals surface area contributed by atoms with E-state index in [1.807, 2.05) is 0 Å². The van der Waals surface area contributed by atoms with Crippen molar-refractivity contribution in [1.29, 1.82) is 0 Å². The van der Waals surface area contributed by atoms with Gasteiger partial charge in [0.15, 0.2) is 23.9 Å². The number of nitrogens with zero attached hydrogens (tertiary/aromatic N) is 3. The highest BCUT2D eigenvalue weighted by atomic mass is 35.5. The third-order valence-corrected chi connectivity index (χ3v) is 12.5. The largest absolute Gasteiger partial charge is 0.619 e. The normalized spacial score (nSPS) is 17.8.